The van der Waals surface area contributed by atoms with Crippen molar-refractivity contribution < 1.29 is 18.8 Å². The number of nitrogens with zero attached hydrogens (tertiary/aromatic N) is 2. The average Bonchev–Trinajstić information content (AvgIpc) is 3.03. The van der Waals surface area contributed by atoms with Gasteiger partial charge in [0.25, 0.3) is 0 Å². The SMILES string of the molecule is Cc1cc(C)c2nc(-c3ccc(P(=O)(O)O)o3)n(CC(C)C)c2c1. The summed E-state index contributed by atoms with van der Waals surface area (Å²) in [6, 6.07) is 7.03. The van der Waals surface area contributed by atoms with Gasteiger partial charge in [0, 0.05) is 6.54 Å². The molecule has 2 aromatic heterocycles. The molecule has 0 spiro atoms. The third-order valence-electron chi connectivity index (χ3n) is 3.84. The number of imidazole rings is 1. The van der Waals surface area contributed by atoms with Gasteiger partial charge < -0.3 is 18.8 Å². The van der Waals surface area contributed by atoms with Crippen LogP contribution >= 0.6 is 7.60 Å². The van der Waals surface area contributed by atoms with Crippen molar-refractivity contribution in [2.75, 3.05) is 0 Å². The Morgan fingerprint density at radius 3 is 2.54 bits per heavy atom. The molecule has 0 aliphatic carbocycles. The van der Waals surface area contributed by atoms with Crippen molar-refractivity contribution in [1.82, 2.24) is 9.55 Å². The number of aromatic nitrogens is 2. The van der Waals surface area contributed by atoms with E-state index in [0.29, 0.717) is 17.5 Å². The number of rotatable bonds is 4. The molecule has 2 N–H and O–H groups in total. The van der Waals surface area contributed by atoms with Gasteiger partial charge in [-0.25, -0.2) is 4.98 Å². The Labute approximate surface area is 140 Å². The molecule has 0 aliphatic heterocycles. The van der Waals surface area contributed by atoms with Gasteiger partial charge in [-0.1, -0.05) is 19.9 Å². The zero-order chi connectivity index (χ0) is 17.6. The Bertz CT molecular complexity index is 949. The maximum Gasteiger partial charge on any atom is 0.391 e. The molecule has 0 unspecified atom stereocenters. The summed E-state index contributed by atoms with van der Waals surface area (Å²) < 4.78 is 18.9. The molecule has 3 rings (SSSR count). The van der Waals surface area contributed by atoms with Crippen molar-refractivity contribution in [3.63, 3.8) is 0 Å². The van der Waals surface area contributed by atoms with Gasteiger partial charge in [-0.05, 0) is 49.1 Å². The molecule has 0 saturated carbocycles. The minimum atomic E-state index is -4.42. The number of hydrogen-bond acceptors (Lipinski definition) is 3. The second-order valence-electron chi connectivity index (χ2n) is 6.57. The second kappa shape index (κ2) is 5.88. The summed E-state index contributed by atoms with van der Waals surface area (Å²) >= 11 is 0. The third-order valence-corrected chi connectivity index (χ3v) is 4.65. The van der Waals surface area contributed by atoms with Crippen molar-refractivity contribution in [3.8, 4) is 11.6 Å². The highest BCUT2D eigenvalue weighted by molar-refractivity contribution is 7.59. The lowest BCUT2D eigenvalue weighted by atomic mass is 10.1. The predicted molar refractivity (Wildman–Crippen MR) is 93.4 cm³/mol. The van der Waals surface area contributed by atoms with E-state index in [0.717, 1.165) is 28.7 Å². The van der Waals surface area contributed by atoms with Crippen LogP contribution in [0.2, 0.25) is 0 Å². The molecule has 0 bridgehead atoms. The second-order valence-corrected chi connectivity index (χ2v) is 8.10. The molecular formula is C17H21N2O4P. The highest BCUT2D eigenvalue weighted by Gasteiger charge is 2.24. The topological polar surface area (TPSA) is 88.5 Å². The summed E-state index contributed by atoms with van der Waals surface area (Å²) in [6.45, 7) is 9.01. The van der Waals surface area contributed by atoms with Crippen LogP contribution in [0.4, 0.5) is 0 Å². The van der Waals surface area contributed by atoms with Gasteiger partial charge in [-0.3, -0.25) is 4.57 Å². The summed E-state index contributed by atoms with van der Waals surface area (Å²) in [5.41, 5.74) is 3.76. The molecule has 3 aromatic rings. The van der Waals surface area contributed by atoms with Crippen LogP contribution in [0.25, 0.3) is 22.6 Å². The smallest absolute Gasteiger partial charge is 0.391 e. The van der Waals surface area contributed by atoms with Crippen molar-refractivity contribution >= 4 is 24.1 Å². The van der Waals surface area contributed by atoms with E-state index in [9.17, 15) is 14.4 Å². The van der Waals surface area contributed by atoms with Crippen LogP contribution < -0.4 is 5.50 Å². The summed E-state index contributed by atoms with van der Waals surface area (Å²) in [4.78, 5) is 23.2. The lowest BCUT2D eigenvalue weighted by Crippen LogP contribution is -2.06. The molecular weight excluding hydrogens is 327 g/mol. The molecule has 0 fully saturated rings. The Hall–Kier alpha value is -1.88. The largest absolute Gasteiger partial charge is 0.445 e. The predicted octanol–water partition coefficient (Wildman–Crippen LogP) is 3.37. The Kier molecular flexibility index (Phi) is 4.16. The number of hydrogen-bond donors (Lipinski definition) is 2. The normalized spacial score (nSPS) is 12.5. The lowest BCUT2D eigenvalue weighted by molar-refractivity contribution is 0.377. The first kappa shape index (κ1) is 17.0. The molecule has 7 heteroatoms. The van der Waals surface area contributed by atoms with E-state index in [4.69, 9.17) is 4.42 Å². The van der Waals surface area contributed by atoms with Crippen LogP contribution in [0.5, 0.6) is 0 Å². The van der Waals surface area contributed by atoms with Gasteiger partial charge in [-0.15, -0.1) is 0 Å². The zero-order valence-corrected chi connectivity index (χ0v) is 15.0. The molecule has 6 nitrogen and oxygen atoms in total. The highest BCUT2D eigenvalue weighted by atomic mass is 31.2. The van der Waals surface area contributed by atoms with E-state index in [1.54, 1.807) is 6.07 Å². The van der Waals surface area contributed by atoms with Gasteiger partial charge in [0.1, 0.15) is 0 Å². The monoisotopic (exact) mass is 348 g/mol. The van der Waals surface area contributed by atoms with Crippen LogP contribution in [-0.4, -0.2) is 19.3 Å². The molecule has 1 aromatic carbocycles. The van der Waals surface area contributed by atoms with Gasteiger partial charge in [0.05, 0.1) is 11.0 Å². The van der Waals surface area contributed by atoms with E-state index in [1.165, 1.54) is 6.07 Å². The number of benzene rings is 1. The molecule has 2 heterocycles. The van der Waals surface area contributed by atoms with Crippen LogP contribution in [-0.2, 0) is 11.1 Å². The Morgan fingerprint density at radius 1 is 1.25 bits per heavy atom. The Morgan fingerprint density at radius 2 is 1.96 bits per heavy atom. The lowest BCUT2D eigenvalue weighted by Gasteiger charge is -2.11. The van der Waals surface area contributed by atoms with Crippen LogP contribution in [0.15, 0.2) is 28.7 Å². The summed E-state index contributed by atoms with van der Waals surface area (Å²) in [5, 5.41) is 0. The molecule has 0 amide bonds. The van der Waals surface area contributed by atoms with E-state index in [1.807, 2.05) is 13.8 Å². The van der Waals surface area contributed by atoms with Crippen LogP contribution in [0, 0.1) is 19.8 Å². The highest BCUT2D eigenvalue weighted by Crippen LogP contribution is 2.36. The van der Waals surface area contributed by atoms with Crippen molar-refractivity contribution in [1.29, 1.82) is 0 Å². The molecule has 0 saturated heterocycles. The van der Waals surface area contributed by atoms with Gasteiger partial charge >= 0.3 is 7.60 Å². The first-order valence-corrected chi connectivity index (χ1v) is 9.42. The average molecular weight is 348 g/mol. The fourth-order valence-corrected chi connectivity index (χ4v) is 3.40. The molecule has 0 aliphatic rings. The van der Waals surface area contributed by atoms with E-state index >= 15 is 0 Å². The molecule has 24 heavy (non-hydrogen) atoms. The maximum atomic E-state index is 11.4. The fraction of sp³-hybridized carbons (Fsp3) is 0.353. The minimum absolute atomic E-state index is 0.339. The zero-order valence-electron chi connectivity index (χ0n) is 14.1. The fourth-order valence-electron chi connectivity index (χ4n) is 2.91. The van der Waals surface area contributed by atoms with Crippen molar-refractivity contribution in [3.05, 3.63) is 35.4 Å². The van der Waals surface area contributed by atoms with E-state index in [2.05, 4.69) is 35.5 Å². The minimum Gasteiger partial charge on any atom is -0.445 e. The third kappa shape index (κ3) is 3.05. The van der Waals surface area contributed by atoms with Gasteiger partial charge in [0.15, 0.2) is 11.6 Å². The van der Waals surface area contributed by atoms with Gasteiger partial charge in [0.2, 0.25) is 5.50 Å². The number of fused-ring (bicyclic) bond motifs is 1. The van der Waals surface area contributed by atoms with Crippen molar-refractivity contribution in [2.45, 2.75) is 34.2 Å². The summed E-state index contributed by atoms with van der Waals surface area (Å²) in [6.07, 6.45) is 0. The summed E-state index contributed by atoms with van der Waals surface area (Å²) in [7, 11) is -4.42. The maximum absolute atomic E-state index is 11.4. The Balaban J connectivity index is 2.25. The van der Waals surface area contributed by atoms with Crippen molar-refractivity contribution in [2.24, 2.45) is 5.92 Å². The van der Waals surface area contributed by atoms with Crippen LogP contribution in [0.1, 0.15) is 25.0 Å². The quantitative estimate of drug-likeness (QED) is 0.706. The van der Waals surface area contributed by atoms with E-state index < -0.39 is 7.60 Å². The standard InChI is InChI=1S/C17H21N2O4P/c1-10(2)9-19-13-8-11(3)7-12(4)16(13)18-17(19)14-5-6-15(23-14)24(20,21)22/h5-8,10H,9H2,1-4H3,(H2,20,21,22). The molecule has 128 valence electrons. The van der Waals surface area contributed by atoms with E-state index in [-0.39, 0.29) is 5.50 Å². The molecule has 0 radical (unpaired) electrons. The number of furan rings is 1. The first-order chi connectivity index (χ1) is 11.2. The molecule has 0 atom stereocenters. The van der Waals surface area contributed by atoms with Gasteiger partial charge in [-0.2, -0.15) is 0 Å². The first-order valence-electron chi connectivity index (χ1n) is 7.80. The summed E-state index contributed by atoms with van der Waals surface area (Å²) in [5.74, 6) is 1.34. The van der Waals surface area contributed by atoms with Crippen LogP contribution in [0.3, 0.4) is 0 Å². The number of aryl methyl sites for hydroxylation is 2.